The molecule has 1 saturated heterocycles. The van der Waals surface area contributed by atoms with E-state index in [0.717, 1.165) is 18.2 Å². The lowest BCUT2D eigenvalue weighted by Crippen LogP contribution is -2.42. The maximum absolute atomic E-state index is 13.9. The van der Waals surface area contributed by atoms with Gasteiger partial charge in [-0.1, -0.05) is 23.7 Å². The predicted molar refractivity (Wildman–Crippen MR) is 95.0 cm³/mol. The van der Waals surface area contributed by atoms with Crippen LogP contribution in [0.3, 0.4) is 0 Å². The summed E-state index contributed by atoms with van der Waals surface area (Å²) < 4.78 is 41.2. The number of carbonyl (C=O) groups is 2. The van der Waals surface area contributed by atoms with Crippen LogP contribution in [0.15, 0.2) is 36.4 Å². The number of halogens is 4. The molecule has 1 aliphatic rings. The van der Waals surface area contributed by atoms with E-state index in [-0.39, 0.29) is 23.7 Å². The third kappa shape index (κ3) is 4.08. The van der Waals surface area contributed by atoms with Gasteiger partial charge in [-0.15, -0.1) is 0 Å². The topological polar surface area (TPSA) is 49.4 Å². The largest absolute Gasteiger partial charge is 0.338 e. The van der Waals surface area contributed by atoms with Crippen molar-refractivity contribution in [3.05, 3.63) is 64.4 Å². The Labute approximate surface area is 158 Å². The smallest absolute Gasteiger partial charge is 0.258 e. The van der Waals surface area contributed by atoms with Gasteiger partial charge in [-0.2, -0.15) is 0 Å². The molecule has 0 aliphatic carbocycles. The summed E-state index contributed by atoms with van der Waals surface area (Å²) in [5.74, 6) is -3.99. The number of amides is 2. The van der Waals surface area contributed by atoms with Crippen molar-refractivity contribution in [2.75, 3.05) is 18.4 Å². The maximum atomic E-state index is 13.9. The Hall–Kier alpha value is -2.54. The van der Waals surface area contributed by atoms with Gasteiger partial charge < -0.3 is 10.2 Å². The molecule has 4 nitrogen and oxygen atoms in total. The van der Waals surface area contributed by atoms with Crippen LogP contribution < -0.4 is 5.32 Å². The van der Waals surface area contributed by atoms with Gasteiger partial charge in [0.2, 0.25) is 5.91 Å². The highest BCUT2D eigenvalue weighted by Crippen LogP contribution is 2.26. The molecule has 27 heavy (non-hydrogen) atoms. The third-order valence-corrected chi connectivity index (χ3v) is 4.86. The molecule has 0 aromatic heterocycles. The summed E-state index contributed by atoms with van der Waals surface area (Å²) in [4.78, 5) is 26.2. The van der Waals surface area contributed by atoms with Crippen LogP contribution in [0, 0.1) is 23.4 Å². The number of piperidine rings is 1. The molecule has 0 spiro atoms. The molecule has 1 aliphatic heterocycles. The zero-order chi connectivity index (χ0) is 19.6. The van der Waals surface area contributed by atoms with E-state index >= 15 is 0 Å². The Morgan fingerprint density at radius 1 is 0.963 bits per heavy atom. The zero-order valence-electron chi connectivity index (χ0n) is 14.1. The molecule has 0 bridgehead atoms. The molecule has 1 heterocycles. The van der Waals surface area contributed by atoms with Crippen molar-refractivity contribution >= 4 is 29.1 Å². The summed E-state index contributed by atoms with van der Waals surface area (Å²) in [7, 11) is 0. The first-order chi connectivity index (χ1) is 12.9. The fraction of sp³-hybridized carbons (Fsp3) is 0.263. The Morgan fingerprint density at radius 3 is 2.11 bits per heavy atom. The van der Waals surface area contributed by atoms with E-state index in [1.165, 1.54) is 23.1 Å². The van der Waals surface area contributed by atoms with E-state index in [9.17, 15) is 22.8 Å². The van der Waals surface area contributed by atoms with Crippen molar-refractivity contribution in [1.29, 1.82) is 0 Å². The predicted octanol–water partition coefficient (Wildman–Crippen LogP) is 4.25. The van der Waals surface area contributed by atoms with Crippen LogP contribution >= 0.6 is 11.6 Å². The van der Waals surface area contributed by atoms with Gasteiger partial charge >= 0.3 is 0 Å². The molecule has 2 amide bonds. The molecule has 2 aromatic rings. The van der Waals surface area contributed by atoms with E-state index in [1.54, 1.807) is 0 Å². The van der Waals surface area contributed by atoms with Crippen molar-refractivity contribution in [3.63, 3.8) is 0 Å². The number of hydrogen-bond acceptors (Lipinski definition) is 2. The van der Waals surface area contributed by atoms with Crippen molar-refractivity contribution in [3.8, 4) is 0 Å². The van der Waals surface area contributed by atoms with E-state index in [2.05, 4.69) is 5.32 Å². The van der Waals surface area contributed by atoms with Gasteiger partial charge in [-0.3, -0.25) is 9.59 Å². The number of para-hydroxylation sites is 1. The number of anilines is 1. The third-order valence-electron chi connectivity index (χ3n) is 4.54. The van der Waals surface area contributed by atoms with Gasteiger partial charge in [0, 0.05) is 19.0 Å². The maximum Gasteiger partial charge on any atom is 0.258 e. The van der Waals surface area contributed by atoms with Crippen LogP contribution in [0.4, 0.5) is 18.9 Å². The van der Waals surface area contributed by atoms with E-state index in [1.807, 2.05) is 0 Å². The lowest BCUT2D eigenvalue weighted by molar-refractivity contribution is -0.121. The van der Waals surface area contributed by atoms with Gasteiger partial charge in [0.15, 0.2) is 0 Å². The normalized spacial score (nSPS) is 14.9. The van der Waals surface area contributed by atoms with Crippen molar-refractivity contribution in [2.24, 2.45) is 5.92 Å². The molecule has 8 heteroatoms. The number of likely N-dealkylation sites (tertiary alicyclic amines) is 1. The molecular weight excluding hydrogens is 381 g/mol. The fourth-order valence-electron chi connectivity index (χ4n) is 3.05. The molecule has 0 saturated carbocycles. The van der Waals surface area contributed by atoms with Gasteiger partial charge in [0.25, 0.3) is 5.91 Å². The number of hydrogen-bond donors (Lipinski definition) is 1. The van der Waals surface area contributed by atoms with Crippen LogP contribution in [0.1, 0.15) is 23.2 Å². The van der Waals surface area contributed by atoms with Crippen LogP contribution in [-0.4, -0.2) is 29.8 Å². The molecule has 1 fully saturated rings. The summed E-state index contributed by atoms with van der Waals surface area (Å²) in [6, 6.07) is 7.31. The average molecular weight is 397 g/mol. The molecule has 0 atom stereocenters. The van der Waals surface area contributed by atoms with Gasteiger partial charge in [0.1, 0.15) is 23.1 Å². The molecular formula is C19H16ClF3N2O2. The Morgan fingerprint density at radius 2 is 1.52 bits per heavy atom. The SMILES string of the molecule is O=C(Nc1c(F)cccc1F)C1CCN(C(=O)c2c(F)cccc2Cl)CC1. The lowest BCUT2D eigenvalue weighted by Gasteiger charge is -2.31. The molecule has 0 radical (unpaired) electrons. The summed E-state index contributed by atoms with van der Waals surface area (Å²) in [6.45, 7) is 0.419. The Balaban J connectivity index is 1.63. The standard InChI is InChI=1S/C19H16ClF3N2O2/c20-12-3-1-4-13(21)16(12)19(27)25-9-7-11(8-10-25)18(26)24-17-14(22)5-2-6-15(17)23/h1-6,11H,7-10H2,(H,24,26). The van der Waals surface area contributed by atoms with E-state index in [0.29, 0.717) is 12.8 Å². The van der Waals surface area contributed by atoms with Gasteiger partial charge in [-0.25, -0.2) is 13.2 Å². The second-order valence-electron chi connectivity index (χ2n) is 6.25. The Bertz CT molecular complexity index is 843. The first kappa shape index (κ1) is 19.2. The molecule has 1 N–H and O–H groups in total. The van der Waals surface area contributed by atoms with Crippen molar-refractivity contribution in [2.45, 2.75) is 12.8 Å². The molecule has 2 aromatic carbocycles. The fourth-order valence-corrected chi connectivity index (χ4v) is 3.29. The highest BCUT2D eigenvalue weighted by Gasteiger charge is 2.30. The summed E-state index contributed by atoms with van der Waals surface area (Å²) in [6.07, 6.45) is 0.583. The number of rotatable bonds is 3. The summed E-state index contributed by atoms with van der Waals surface area (Å²) in [5.41, 5.74) is -0.686. The van der Waals surface area contributed by atoms with Gasteiger partial charge in [-0.05, 0) is 37.1 Å². The number of carbonyl (C=O) groups excluding carboxylic acids is 2. The summed E-state index contributed by atoms with van der Waals surface area (Å²) >= 11 is 5.92. The van der Waals surface area contributed by atoms with Crippen LogP contribution in [0.25, 0.3) is 0 Å². The first-order valence-electron chi connectivity index (χ1n) is 8.36. The highest BCUT2D eigenvalue weighted by molar-refractivity contribution is 6.33. The monoisotopic (exact) mass is 396 g/mol. The molecule has 0 unspecified atom stereocenters. The average Bonchev–Trinajstić information content (AvgIpc) is 2.64. The van der Waals surface area contributed by atoms with Crippen molar-refractivity contribution in [1.82, 2.24) is 4.90 Å². The van der Waals surface area contributed by atoms with E-state index in [4.69, 9.17) is 11.6 Å². The van der Waals surface area contributed by atoms with E-state index < -0.39 is 40.9 Å². The second-order valence-corrected chi connectivity index (χ2v) is 6.66. The zero-order valence-corrected chi connectivity index (χ0v) is 14.9. The second kappa shape index (κ2) is 8.00. The van der Waals surface area contributed by atoms with Crippen LogP contribution in [0.2, 0.25) is 5.02 Å². The minimum Gasteiger partial charge on any atom is -0.338 e. The van der Waals surface area contributed by atoms with Gasteiger partial charge in [0.05, 0.1) is 10.6 Å². The Kier molecular flexibility index (Phi) is 5.70. The number of nitrogens with zero attached hydrogens (tertiary/aromatic N) is 1. The number of nitrogens with one attached hydrogen (secondary N) is 1. The molecule has 3 rings (SSSR count). The number of benzene rings is 2. The van der Waals surface area contributed by atoms with Crippen LogP contribution in [-0.2, 0) is 4.79 Å². The molecule has 142 valence electrons. The van der Waals surface area contributed by atoms with Crippen LogP contribution in [0.5, 0.6) is 0 Å². The van der Waals surface area contributed by atoms with Crippen molar-refractivity contribution < 1.29 is 22.8 Å². The quantitative estimate of drug-likeness (QED) is 0.843. The minimum absolute atomic E-state index is 0.0231. The lowest BCUT2D eigenvalue weighted by atomic mass is 9.95. The minimum atomic E-state index is -0.856. The first-order valence-corrected chi connectivity index (χ1v) is 8.74. The summed E-state index contributed by atoms with van der Waals surface area (Å²) in [5, 5.41) is 2.29. The highest BCUT2D eigenvalue weighted by atomic mass is 35.5.